The first-order chi connectivity index (χ1) is 16.3. The van der Waals surface area contributed by atoms with E-state index in [9.17, 15) is 19.1 Å². The summed E-state index contributed by atoms with van der Waals surface area (Å²) in [4.78, 5) is 26.2. The van der Waals surface area contributed by atoms with Gasteiger partial charge in [0.2, 0.25) is 0 Å². The van der Waals surface area contributed by atoms with Gasteiger partial charge >= 0.3 is 0 Å². The molecule has 176 valence electrons. The fourth-order valence-corrected chi connectivity index (χ4v) is 5.20. The van der Waals surface area contributed by atoms with Crippen molar-refractivity contribution in [1.29, 1.82) is 0 Å². The fourth-order valence-electron chi connectivity index (χ4n) is 4.94. The van der Waals surface area contributed by atoms with Crippen LogP contribution in [0.1, 0.15) is 49.2 Å². The molecular weight excluding hydrogens is 461 g/mol. The van der Waals surface area contributed by atoms with Crippen molar-refractivity contribution < 1.29 is 18.8 Å². The van der Waals surface area contributed by atoms with Crippen LogP contribution in [0.5, 0.6) is 0 Å². The lowest BCUT2D eigenvalue weighted by atomic mass is 9.90. The van der Waals surface area contributed by atoms with E-state index >= 15 is 0 Å². The first-order valence-electron chi connectivity index (χ1n) is 11.2. The molecule has 7 nitrogen and oxygen atoms in total. The number of aryl methyl sites for hydroxylation is 1. The number of aliphatic hydroxyl groups excluding tert-OH is 1. The monoisotopic (exact) mass is 483 g/mol. The summed E-state index contributed by atoms with van der Waals surface area (Å²) in [5.41, 5.74) is 1.23. The Bertz CT molecular complexity index is 1450. The minimum Gasteiger partial charge on any atom is -0.378 e. The maximum Gasteiger partial charge on any atom is 0.264 e. The molecule has 1 amide bonds. The number of nitrogens with one attached hydrogen (secondary N) is 1. The van der Waals surface area contributed by atoms with Crippen molar-refractivity contribution in [1.82, 2.24) is 15.0 Å². The molecule has 0 spiro atoms. The molecule has 0 bridgehead atoms. The van der Waals surface area contributed by atoms with Crippen LogP contribution >= 0.6 is 11.6 Å². The number of aromatic nitrogens is 2. The number of benzene rings is 2. The fraction of sp³-hybridized carbons (Fsp3) is 0.320. The van der Waals surface area contributed by atoms with Crippen molar-refractivity contribution in [2.45, 2.75) is 50.8 Å². The number of pyridine rings is 1. The summed E-state index contributed by atoms with van der Waals surface area (Å²) < 4.78 is 20.2. The van der Waals surface area contributed by atoms with Gasteiger partial charge in [-0.15, -0.1) is 0 Å². The zero-order valence-corrected chi connectivity index (χ0v) is 19.2. The minimum atomic E-state index is -1.40. The van der Waals surface area contributed by atoms with Crippen molar-refractivity contribution >= 4 is 39.3 Å². The lowest BCUT2D eigenvalue weighted by molar-refractivity contribution is -0.130. The molecule has 4 aromatic rings. The van der Waals surface area contributed by atoms with E-state index in [1.165, 1.54) is 24.3 Å². The molecule has 9 heteroatoms. The highest BCUT2D eigenvalue weighted by atomic mass is 35.5. The average molecular weight is 484 g/mol. The van der Waals surface area contributed by atoms with Gasteiger partial charge in [-0.25, -0.2) is 4.39 Å². The molecule has 2 aromatic carbocycles. The Labute approximate surface area is 199 Å². The Morgan fingerprint density at radius 3 is 2.76 bits per heavy atom. The number of carbonyl (C=O) groups excluding carboxylic acids is 1. The summed E-state index contributed by atoms with van der Waals surface area (Å²) in [5.74, 6) is -0.564. The quantitative estimate of drug-likeness (QED) is 0.443. The standard InChI is InChI=1S/C25H23ClFN3O4/c1-13-20-22(29-34-13)21-18(26)6-3-7-19(21)30(25(20)33)17-5-2-4-16(12-17)28-24(32)23(31)14-8-10-15(27)11-9-14/h3,6-11,16-17,23,31H,2,4-5,12H2,1H3,(H,28,32)/t16-,17+,23+/m1/s1. The third kappa shape index (κ3) is 3.86. The van der Waals surface area contributed by atoms with Crippen LogP contribution < -0.4 is 10.9 Å². The number of amides is 1. The summed E-state index contributed by atoms with van der Waals surface area (Å²) in [7, 11) is 0. The van der Waals surface area contributed by atoms with Crippen molar-refractivity contribution in [3.8, 4) is 0 Å². The molecular formula is C25H23ClFN3O4. The van der Waals surface area contributed by atoms with Crippen molar-refractivity contribution in [3.05, 3.63) is 75.0 Å². The Balaban J connectivity index is 1.46. The number of nitrogens with zero attached hydrogens (tertiary/aromatic N) is 2. The van der Waals surface area contributed by atoms with Crippen molar-refractivity contribution in [2.24, 2.45) is 0 Å². The summed E-state index contributed by atoms with van der Waals surface area (Å²) in [5, 5.41) is 18.9. The molecule has 0 radical (unpaired) electrons. The van der Waals surface area contributed by atoms with Crippen LogP contribution in [0.25, 0.3) is 21.8 Å². The number of fused-ring (bicyclic) bond motifs is 3. The van der Waals surface area contributed by atoms with E-state index in [1.54, 1.807) is 23.6 Å². The van der Waals surface area contributed by atoms with Gasteiger partial charge in [0.1, 0.15) is 22.5 Å². The van der Waals surface area contributed by atoms with Gasteiger partial charge in [0.05, 0.1) is 10.5 Å². The maximum absolute atomic E-state index is 13.5. The van der Waals surface area contributed by atoms with Crippen LogP contribution in [0.4, 0.5) is 4.39 Å². The first kappa shape index (κ1) is 22.6. The number of halogens is 2. The Morgan fingerprint density at radius 2 is 2.00 bits per heavy atom. The molecule has 0 saturated heterocycles. The molecule has 2 aromatic heterocycles. The molecule has 1 aliphatic rings. The van der Waals surface area contributed by atoms with Gasteiger partial charge in [-0.2, -0.15) is 0 Å². The third-order valence-corrected chi connectivity index (χ3v) is 6.89. The van der Waals surface area contributed by atoms with E-state index in [0.29, 0.717) is 44.6 Å². The summed E-state index contributed by atoms with van der Waals surface area (Å²) in [6.45, 7) is 1.70. The lowest BCUT2D eigenvalue weighted by Gasteiger charge is -2.32. The van der Waals surface area contributed by atoms with Gasteiger partial charge < -0.3 is 19.5 Å². The predicted molar refractivity (Wildman–Crippen MR) is 126 cm³/mol. The van der Waals surface area contributed by atoms with Gasteiger partial charge in [0.25, 0.3) is 11.5 Å². The largest absolute Gasteiger partial charge is 0.378 e. The molecule has 5 rings (SSSR count). The summed E-state index contributed by atoms with van der Waals surface area (Å²) >= 11 is 6.50. The van der Waals surface area contributed by atoms with Gasteiger partial charge in [0, 0.05) is 17.5 Å². The molecule has 0 unspecified atom stereocenters. The van der Waals surface area contributed by atoms with E-state index < -0.39 is 17.8 Å². The average Bonchev–Trinajstić information content (AvgIpc) is 3.21. The van der Waals surface area contributed by atoms with Gasteiger partial charge in [0.15, 0.2) is 6.10 Å². The van der Waals surface area contributed by atoms with E-state index in [0.717, 1.165) is 19.3 Å². The number of hydrogen-bond acceptors (Lipinski definition) is 5. The van der Waals surface area contributed by atoms with Gasteiger partial charge in [-0.3, -0.25) is 9.59 Å². The van der Waals surface area contributed by atoms with E-state index in [1.807, 2.05) is 6.07 Å². The second-order valence-electron chi connectivity index (χ2n) is 8.75. The molecule has 2 heterocycles. The Morgan fingerprint density at radius 1 is 1.24 bits per heavy atom. The molecule has 1 aliphatic carbocycles. The smallest absolute Gasteiger partial charge is 0.264 e. The molecule has 3 atom stereocenters. The van der Waals surface area contributed by atoms with Crippen LogP contribution in [0.15, 0.2) is 51.8 Å². The number of aliphatic hydroxyl groups is 1. The normalized spacial score (nSPS) is 19.4. The predicted octanol–water partition coefficient (Wildman–Crippen LogP) is 4.58. The molecule has 0 aliphatic heterocycles. The van der Waals surface area contributed by atoms with Crippen molar-refractivity contribution in [3.63, 3.8) is 0 Å². The van der Waals surface area contributed by atoms with Crippen LogP contribution in [0.2, 0.25) is 5.02 Å². The van der Waals surface area contributed by atoms with Crippen molar-refractivity contribution in [2.75, 3.05) is 0 Å². The van der Waals surface area contributed by atoms with E-state index in [-0.39, 0.29) is 17.6 Å². The highest BCUT2D eigenvalue weighted by Crippen LogP contribution is 2.35. The number of rotatable bonds is 4. The molecule has 2 N–H and O–H groups in total. The number of hydrogen-bond donors (Lipinski definition) is 2. The molecule has 1 fully saturated rings. The Hall–Kier alpha value is -3.23. The van der Waals surface area contributed by atoms with Gasteiger partial charge in [-0.1, -0.05) is 35.0 Å². The van der Waals surface area contributed by atoms with E-state index in [2.05, 4.69) is 10.5 Å². The summed E-state index contributed by atoms with van der Waals surface area (Å²) in [6, 6.07) is 10.1. The van der Waals surface area contributed by atoms with Crippen LogP contribution in [-0.2, 0) is 4.79 Å². The Kier molecular flexibility index (Phi) is 5.87. The van der Waals surface area contributed by atoms with Crippen LogP contribution in [-0.4, -0.2) is 26.8 Å². The topological polar surface area (TPSA) is 97.4 Å². The van der Waals surface area contributed by atoms with E-state index in [4.69, 9.17) is 16.1 Å². The zero-order chi connectivity index (χ0) is 24.0. The maximum atomic E-state index is 13.5. The first-order valence-corrected chi connectivity index (χ1v) is 11.6. The zero-order valence-electron chi connectivity index (χ0n) is 18.4. The SMILES string of the molecule is Cc1onc2c1c(=O)n([C@H]1CCC[C@@H](NC(=O)[C@@H](O)c3ccc(F)cc3)C1)c1cccc(Cl)c21. The second-order valence-corrected chi connectivity index (χ2v) is 9.16. The molecule has 1 saturated carbocycles. The van der Waals surface area contributed by atoms with Crippen LogP contribution in [0.3, 0.4) is 0 Å². The third-order valence-electron chi connectivity index (χ3n) is 6.58. The lowest BCUT2D eigenvalue weighted by Crippen LogP contribution is -2.42. The van der Waals surface area contributed by atoms with Crippen LogP contribution in [0, 0.1) is 12.7 Å². The second kappa shape index (κ2) is 8.85. The molecule has 34 heavy (non-hydrogen) atoms. The highest BCUT2D eigenvalue weighted by molar-refractivity contribution is 6.37. The minimum absolute atomic E-state index is 0.186. The summed E-state index contributed by atoms with van der Waals surface area (Å²) in [6.07, 6.45) is 1.38. The van der Waals surface area contributed by atoms with Gasteiger partial charge in [-0.05, 0) is 62.4 Å². The highest BCUT2D eigenvalue weighted by Gasteiger charge is 2.30. The number of carbonyl (C=O) groups is 1.